The second-order valence-electron chi connectivity index (χ2n) is 3.96. The van der Waals surface area contributed by atoms with Gasteiger partial charge in [0.2, 0.25) is 0 Å². The van der Waals surface area contributed by atoms with Crippen molar-refractivity contribution in [2.75, 3.05) is 13.7 Å². The standard InChI is InChI=1S/C13H21NO2/c1-4-16-9-12-8-11(7-10(2)14)5-6-13(12)15-3/h5-6,8,10H,4,7,9,14H2,1-3H3. The van der Waals surface area contributed by atoms with E-state index in [0.29, 0.717) is 13.2 Å². The van der Waals surface area contributed by atoms with Gasteiger partial charge in [-0.15, -0.1) is 0 Å². The SMILES string of the molecule is CCOCc1cc(CC(C)N)ccc1OC. The van der Waals surface area contributed by atoms with Gasteiger partial charge in [0.15, 0.2) is 0 Å². The smallest absolute Gasteiger partial charge is 0.124 e. The zero-order valence-electron chi connectivity index (χ0n) is 10.3. The highest BCUT2D eigenvalue weighted by molar-refractivity contribution is 5.37. The lowest BCUT2D eigenvalue weighted by atomic mass is 10.0. The van der Waals surface area contributed by atoms with Crippen LogP contribution in [0.1, 0.15) is 25.0 Å². The number of ether oxygens (including phenoxy) is 2. The Morgan fingerprint density at radius 2 is 2.12 bits per heavy atom. The van der Waals surface area contributed by atoms with Gasteiger partial charge in [0.05, 0.1) is 13.7 Å². The third-order valence-corrected chi connectivity index (χ3v) is 2.36. The number of nitrogens with two attached hydrogens (primary N) is 1. The van der Waals surface area contributed by atoms with Crippen LogP contribution < -0.4 is 10.5 Å². The fourth-order valence-electron chi connectivity index (χ4n) is 1.66. The number of hydrogen-bond donors (Lipinski definition) is 1. The van der Waals surface area contributed by atoms with Crippen molar-refractivity contribution in [2.24, 2.45) is 5.73 Å². The average molecular weight is 223 g/mol. The normalized spacial score (nSPS) is 12.5. The van der Waals surface area contributed by atoms with Crippen molar-refractivity contribution in [1.82, 2.24) is 0 Å². The lowest BCUT2D eigenvalue weighted by Crippen LogP contribution is -2.17. The molecule has 1 unspecified atom stereocenters. The van der Waals surface area contributed by atoms with Crippen molar-refractivity contribution < 1.29 is 9.47 Å². The number of rotatable bonds is 6. The zero-order valence-corrected chi connectivity index (χ0v) is 10.3. The molecular formula is C13H21NO2. The first kappa shape index (κ1) is 13.0. The van der Waals surface area contributed by atoms with E-state index in [-0.39, 0.29) is 6.04 Å². The average Bonchev–Trinajstić information content (AvgIpc) is 2.25. The maximum absolute atomic E-state index is 5.78. The molecular weight excluding hydrogens is 202 g/mol. The Morgan fingerprint density at radius 1 is 1.38 bits per heavy atom. The van der Waals surface area contributed by atoms with Gasteiger partial charge in [-0.2, -0.15) is 0 Å². The van der Waals surface area contributed by atoms with Gasteiger partial charge in [-0.1, -0.05) is 6.07 Å². The van der Waals surface area contributed by atoms with Gasteiger partial charge in [0, 0.05) is 18.2 Å². The minimum Gasteiger partial charge on any atom is -0.496 e. The van der Waals surface area contributed by atoms with E-state index in [9.17, 15) is 0 Å². The lowest BCUT2D eigenvalue weighted by Gasteiger charge is -2.12. The molecule has 0 saturated carbocycles. The van der Waals surface area contributed by atoms with E-state index in [1.807, 2.05) is 19.9 Å². The first-order chi connectivity index (χ1) is 7.67. The Balaban J connectivity index is 2.83. The van der Waals surface area contributed by atoms with Crippen LogP contribution in [0.2, 0.25) is 0 Å². The predicted octanol–water partition coefficient (Wildman–Crippen LogP) is 2.12. The number of hydrogen-bond acceptors (Lipinski definition) is 3. The van der Waals surface area contributed by atoms with Crippen molar-refractivity contribution in [2.45, 2.75) is 32.9 Å². The first-order valence-corrected chi connectivity index (χ1v) is 5.66. The molecule has 0 spiro atoms. The van der Waals surface area contributed by atoms with Crippen LogP contribution in [0, 0.1) is 0 Å². The minimum atomic E-state index is 0.174. The van der Waals surface area contributed by atoms with Crippen LogP contribution in [0.15, 0.2) is 18.2 Å². The molecule has 1 aromatic carbocycles. The summed E-state index contributed by atoms with van der Waals surface area (Å²) in [5.74, 6) is 0.877. The molecule has 0 heterocycles. The molecule has 0 aliphatic rings. The molecule has 0 bridgehead atoms. The lowest BCUT2D eigenvalue weighted by molar-refractivity contribution is 0.132. The van der Waals surface area contributed by atoms with Crippen molar-refractivity contribution in [1.29, 1.82) is 0 Å². The Hall–Kier alpha value is -1.06. The number of benzene rings is 1. The molecule has 3 heteroatoms. The summed E-state index contributed by atoms with van der Waals surface area (Å²) in [6.07, 6.45) is 0.878. The van der Waals surface area contributed by atoms with Crippen LogP contribution in [-0.2, 0) is 17.8 Å². The summed E-state index contributed by atoms with van der Waals surface area (Å²) in [6.45, 7) is 5.29. The summed E-state index contributed by atoms with van der Waals surface area (Å²) >= 11 is 0. The molecule has 90 valence electrons. The summed E-state index contributed by atoms with van der Waals surface area (Å²) in [6, 6.07) is 6.31. The molecule has 0 fully saturated rings. The predicted molar refractivity (Wildman–Crippen MR) is 65.7 cm³/mol. The second kappa shape index (κ2) is 6.51. The van der Waals surface area contributed by atoms with Crippen molar-refractivity contribution >= 4 is 0 Å². The van der Waals surface area contributed by atoms with Crippen LogP contribution in [0.3, 0.4) is 0 Å². The Morgan fingerprint density at radius 3 is 2.69 bits per heavy atom. The molecule has 1 aromatic rings. The second-order valence-corrected chi connectivity index (χ2v) is 3.96. The van der Waals surface area contributed by atoms with Gasteiger partial charge in [-0.25, -0.2) is 0 Å². The van der Waals surface area contributed by atoms with Gasteiger partial charge in [-0.3, -0.25) is 0 Å². The van der Waals surface area contributed by atoms with Crippen LogP contribution in [-0.4, -0.2) is 19.8 Å². The maximum atomic E-state index is 5.78. The van der Waals surface area contributed by atoms with E-state index in [0.717, 1.165) is 17.7 Å². The van der Waals surface area contributed by atoms with Gasteiger partial charge in [0.1, 0.15) is 5.75 Å². The molecule has 0 saturated heterocycles. The van der Waals surface area contributed by atoms with E-state index < -0.39 is 0 Å². The molecule has 16 heavy (non-hydrogen) atoms. The summed E-state index contributed by atoms with van der Waals surface area (Å²) in [7, 11) is 1.68. The van der Waals surface area contributed by atoms with Crippen molar-refractivity contribution in [3.8, 4) is 5.75 Å². The summed E-state index contributed by atoms with van der Waals surface area (Å²) < 4.78 is 10.7. The van der Waals surface area contributed by atoms with E-state index >= 15 is 0 Å². The monoisotopic (exact) mass is 223 g/mol. The minimum absolute atomic E-state index is 0.174. The zero-order chi connectivity index (χ0) is 12.0. The van der Waals surface area contributed by atoms with E-state index in [1.165, 1.54) is 5.56 Å². The molecule has 1 rings (SSSR count). The van der Waals surface area contributed by atoms with Gasteiger partial charge < -0.3 is 15.2 Å². The topological polar surface area (TPSA) is 44.5 Å². The summed E-state index contributed by atoms with van der Waals surface area (Å²) in [5.41, 5.74) is 8.10. The van der Waals surface area contributed by atoms with Crippen molar-refractivity contribution in [3.63, 3.8) is 0 Å². The van der Waals surface area contributed by atoms with Gasteiger partial charge >= 0.3 is 0 Å². The highest BCUT2D eigenvalue weighted by Gasteiger charge is 2.05. The largest absolute Gasteiger partial charge is 0.496 e. The third-order valence-electron chi connectivity index (χ3n) is 2.36. The fraction of sp³-hybridized carbons (Fsp3) is 0.538. The Labute approximate surface area is 97.6 Å². The highest BCUT2D eigenvalue weighted by atomic mass is 16.5. The van der Waals surface area contributed by atoms with Crippen LogP contribution in [0.5, 0.6) is 5.75 Å². The third kappa shape index (κ3) is 3.83. The Kier molecular flexibility index (Phi) is 5.29. The quantitative estimate of drug-likeness (QED) is 0.803. The molecule has 0 radical (unpaired) electrons. The first-order valence-electron chi connectivity index (χ1n) is 5.66. The molecule has 0 aliphatic heterocycles. The van der Waals surface area contributed by atoms with E-state index in [2.05, 4.69) is 12.1 Å². The van der Waals surface area contributed by atoms with Gasteiger partial charge in [0.25, 0.3) is 0 Å². The molecule has 0 aromatic heterocycles. The molecule has 0 aliphatic carbocycles. The van der Waals surface area contributed by atoms with Crippen LogP contribution >= 0.6 is 0 Å². The van der Waals surface area contributed by atoms with Crippen LogP contribution in [0.25, 0.3) is 0 Å². The summed E-state index contributed by atoms with van der Waals surface area (Å²) in [5, 5.41) is 0. The Bertz CT molecular complexity index is 324. The number of methoxy groups -OCH3 is 1. The van der Waals surface area contributed by atoms with Crippen molar-refractivity contribution in [3.05, 3.63) is 29.3 Å². The van der Waals surface area contributed by atoms with Gasteiger partial charge in [-0.05, 0) is 38.0 Å². The molecule has 0 amide bonds. The molecule has 2 N–H and O–H groups in total. The molecule has 1 atom stereocenters. The molecule has 3 nitrogen and oxygen atoms in total. The van der Waals surface area contributed by atoms with E-state index in [4.69, 9.17) is 15.2 Å². The fourth-order valence-corrected chi connectivity index (χ4v) is 1.66. The summed E-state index contributed by atoms with van der Waals surface area (Å²) in [4.78, 5) is 0. The highest BCUT2D eigenvalue weighted by Crippen LogP contribution is 2.21. The van der Waals surface area contributed by atoms with Crippen LogP contribution in [0.4, 0.5) is 0 Å². The maximum Gasteiger partial charge on any atom is 0.124 e. The van der Waals surface area contributed by atoms with E-state index in [1.54, 1.807) is 7.11 Å².